The summed E-state index contributed by atoms with van der Waals surface area (Å²) >= 11 is 0. The number of aliphatic hydroxyl groups excluding tert-OH is 1. The van der Waals surface area contributed by atoms with E-state index in [0.29, 0.717) is 43.9 Å². The second kappa shape index (κ2) is 14.4. The first-order chi connectivity index (χ1) is 20.9. The van der Waals surface area contributed by atoms with E-state index >= 15 is 0 Å². The predicted molar refractivity (Wildman–Crippen MR) is 157 cm³/mol. The van der Waals surface area contributed by atoms with Crippen LogP contribution in [-0.4, -0.2) is 41.9 Å². The molecule has 0 aromatic heterocycles. The van der Waals surface area contributed by atoms with Crippen molar-refractivity contribution >= 4 is 5.97 Å². The molecule has 1 saturated heterocycles. The molecule has 4 aromatic carbocycles. The number of hydrogen-bond acceptors (Lipinski definition) is 5. The number of aliphatic hydroxyl groups is 1. The number of benzene rings is 4. The zero-order valence-electron chi connectivity index (χ0n) is 23.6. The second-order valence-corrected chi connectivity index (χ2v) is 10.8. The van der Waals surface area contributed by atoms with E-state index in [1.807, 2.05) is 4.90 Å². The molecule has 43 heavy (non-hydrogen) atoms. The zero-order chi connectivity index (χ0) is 30.2. The van der Waals surface area contributed by atoms with E-state index in [-0.39, 0.29) is 29.3 Å². The van der Waals surface area contributed by atoms with Gasteiger partial charge in [-0.1, -0.05) is 60.7 Å². The lowest BCUT2D eigenvalue weighted by Gasteiger charge is -2.42. The maximum atomic E-state index is 13.8. The van der Waals surface area contributed by atoms with Gasteiger partial charge in [-0.25, -0.2) is 18.0 Å². The van der Waals surface area contributed by atoms with E-state index in [0.717, 1.165) is 17.5 Å². The van der Waals surface area contributed by atoms with Crippen molar-refractivity contribution in [1.29, 1.82) is 0 Å². The van der Waals surface area contributed by atoms with Crippen LogP contribution in [0.3, 0.4) is 0 Å². The molecule has 3 atom stereocenters. The number of likely N-dealkylation sites (tertiary alicyclic amines) is 1. The number of halogens is 3. The molecule has 1 aliphatic heterocycles. The molecule has 5 rings (SSSR count). The van der Waals surface area contributed by atoms with Gasteiger partial charge in [-0.3, -0.25) is 4.90 Å². The Morgan fingerprint density at radius 2 is 1.47 bits per heavy atom. The summed E-state index contributed by atoms with van der Waals surface area (Å²) in [5, 5.41) is 10.7. The summed E-state index contributed by atoms with van der Waals surface area (Å²) in [6.45, 7) is 1.46. The number of rotatable bonds is 11. The number of ether oxygens (including phenoxy) is 2. The molecule has 0 bridgehead atoms. The van der Waals surface area contributed by atoms with Gasteiger partial charge >= 0.3 is 5.97 Å². The molecule has 4 aromatic rings. The SMILES string of the molecule is O=C(OC1CC(C(c2ccc(F)cc2)c2ccc(F)cc2)CCN1CCCOc1cccc(F)c1)C(O)c1ccccc1. The van der Waals surface area contributed by atoms with E-state index in [2.05, 4.69) is 0 Å². The smallest absolute Gasteiger partial charge is 0.341 e. The van der Waals surface area contributed by atoms with Gasteiger partial charge in [0.2, 0.25) is 0 Å². The average molecular weight is 590 g/mol. The minimum atomic E-state index is -1.44. The molecular weight excluding hydrogens is 555 g/mol. The third kappa shape index (κ3) is 8.03. The topological polar surface area (TPSA) is 59.0 Å². The second-order valence-electron chi connectivity index (χ2n) is 10.8. The summed E-state index contributed by atoms with van der Waals surface area (Å²) in [7, 11) is 0. The molecule has 1 heterocycles. The quantitative estimate of drug-likeness (QED) is 0.151. The van der Waals surface area contributed by atoms with Crippen LogP contribution in [0.25, 0.3) is 0 Å². The van der Waals surface area contributed by atoms with E-state index in [9.17, 15) is 23.1 Å². The fourth-order valence-electron chi connectivity index (χ4n) is 5.74. The van der Waals surface area contributed by atoms with Crippen molar-refractivity contribution in [3.8, 4) is 5.75 Å². The lowest BCUT2D eigenvalue weighted by atomic mass is 9.75. The van der Waals surface area contributed by atoms with E-state index < -0.39 is 18.3 Å². The highest BCUT2D eigenvalue weighted by molar-refractivity contribution is 5.76. The fourth-order valence-corrected chi connectivity index (χ4v) is 5.74. The molecular formula is C35H34F3NO4. The summed E-state index contributed by atoms with van der Waals surface area (Å²) in [6, 6.07) is 27.1. The Bertz CT molecular complexity index is 1420. The minimum absolute atomic E-state index is 0.0256. The number of piperidine rings is 1. The van der Waals surface area contributed by atoms with Gasteiger partial charge in [0.15, 0.2) is 12.3 Å². The molecule has 0 amide bonds. The van der Waals surface area contributed by atoms with Crippen molar-refractivity contribution in [2.75, 3.05) is 19.7 Å². The van der Waals surface area contributed by atoms with Gasteiger partial charge in [0.05, 0.1) is 6.61 Å². The monoisotopic (exact) mass is 589 g/mol. The largest absolute Gasteiger partial charge is 0.493 e. The molecule has 8 heteroatoms. The van der Waals surface area contributed by atoms with Gasteiger partial charge in [-0.05, 0) is 71.8 Å². The van der Waals surface area contributed by atoms with Crippen molar-refractivity contribution in [2.45, 2.75) is 37.5 Å². The van der Waals surface area contributed by atoms with Crippen LogP contribution >= 0.6 is 0 Å². The van der Waals surface area contributed by atoms with Crippen LogP contribution in [0.2, 0.25) is 0 Å². The first kappa shape index (κ1) is 30.3. The van der Waals surface area contributed by atoms with Crippen molar-refractivity contribution in [3.05, 3.63) is 137 Å². The molecule has 0 saturated carbocycles. The molecule has 0 radical (unpaired) electrons. The molecule has 3 unspecified atom stereocenters. The first-order valence-electron chi connectivity index (χ1n) is 14.4. The number of nitrogens with zero attached hydrogens (tertiary/aromatic N) is 1. The van der Waals surface area contributed by atoms with Crippen molar-refractivity contribution in [1.82, 2.24) is 4.90 Å². The normalized spacial score (nSPS) is 17.9. The number of carbonyl (C=O) groups is 1. The van der Waals surface area contributed by atoms with E-state index in [1.165, 1.54) is 36.4 Å². The van der Waals surface area contributed by atoms with Crippen LogP contribution in [-0.2, 0) is 9.53 Å². The van der Waals surface area contributed by atoms with Crippen molar-refractivity contribution < 1.29 is 32.5 Å². The third-order valence-corrected chi connectivity index (χ3v) is 7.87. The van der Waals surface area contributed by atoms with Gasteiger partial charge in [0, 0.05) is 31.5 Å². The Morgan fingerprint density at radius 3 is 2.09 bits per heavy atom. The fraction of sp³-hybridized carbons (Fsp3) is 0.286. The van der Waals surface area contributed by atoms with Crippen LogP contribution in [0, 0.1) is 23.4 Å². The Kier molecular flexibility index (Phi) is 10.1. The maximum Gasteiger partial charge on any atom is 0.341 e. The number of hydrogen-bond donors (Lipinski definition) is 1. The highest BCUT2D eigenvalue weighted by atomic mass is 19.1. The molecule has 5 nitrogen and oxygen atoms in total. The van der Waals surface area contributed by atoms with Crippen LogP contribution in [0.5, 0.6) is 5.75 Å². The highest BCUT2D eigenvalue weighted by Crippen LogP contribution is 2.40. The Balaban J connectivity index is 1.34. The Labute approximate surface area is 249 Å². The summed E-state index contributed by atoms with van der Waals surface area (Å²) in [4.78, 5) is 15.2. The summed E-state index contributed by atoms with van der Waals surface area (Å²) in [5.41, 5.74) is 2.19. The highest BCUT2D eigenvalue weighted by Gasteiger charge is 2.37. The third-order valence-electron chi connectivity index (χ3n) is 7.87. The molecule has 0 spiro atoms. The van der Waals surface area contributed by atoms with E-state index in [4.69, 9.17) is 9.47 Å². The molecule has 1 fully saturated rings. The molecule has 224 valence electrons. The maximum absolute atomic E-state index is 13.8. The molecule has 1 aliphatic rings. The van der Waals surface area contributed by atoms with Gasteiger partial charge < -0.3 is 14.6 Å². The van der Waals surface area contributed by atoms with Crippen LogP contribution in [0.15, 0.2) is 103 Å². The average Bonchev–Trinajstić information content (AvgIpc) is 3.02. The predicted octanol–water partition coefficient (Wildman–Crippen LogP) is 7.02. The lowest BCUT2D eigenvalue weighted by molar-refractivity contribution is -0.175. The van der Waals surface area contributed by atoms with Gasteiger partial charge in [0.25, 0.3) is 0 Å². The van der Waals surface area contributed by atoms with Crippen LogP contribution in [0.4, 0.5) is 13.2 Å². The Morgan fingerprint density at radius 1 is 0.814 bits per heavy atom. The molecule has 1 N–H and O–H groups in total. The van der Waals surface area contributed by atoms with E-state index in [1.54, 1.807) is 66.7 Å². The summed E-state index contributed by atoms with van der Waals surface area (Å²) in [6.07, 6.45) is -0.320. The van der Waals surface area contributed by atoms with Crippen LogP contribution < -0.4 is 4.74 Å². The lowest BCUT2D eigenvalue weighted by Crippen LogP contribution is -2.47. The molecule has 0 aliphatic carbocycles. The number of esters is 1. The van der Waals surface area contributed by atoms with Gasteiger partial charge in [-0.15, -0.1) is 0 Å². The van der Waals surface area contributed by atoms with Crippen molar-refractivity contribution in [2.24, 2.45) is 5.92 Å². The standard InChI is InChI=1S/C35H34F3NO4/c36-28-14-10-24(11-15-28)33(25-12-16-29(37)17-13-25)27-18-20-39(19-5-21-42-31-9-4-8-30(38)23-31)32(22-27)43-35(41)34(40)26-6-2-1-3-7-26/h1-4,6-17,23,27,32-34,40H,5,18-22H2. The van der Waals surface area contributed by atoms with Crippen molar-refractivity contribution in [3.63, 3.8) is 0 Å². The minimum Gasteiger partial charge on any atom is -0.493 e. The number of carbonyl (C=O) groups excluding carboxylic acids is 1. The first-order valence-corrected chi connectivity index (χ1v) is 14.4. The van der Waals surface area contributed by atoms with Gasteiger partial charge in [0.1, 0.15) is 23.2 Å². The van der Waals surface area contributed by atoms with Crippen LogP contribution in [0.1, 0.15) is 48.0 Å². The van der Waals surface area contributed by atoms with Gasteiger partial charge in [-0.2, -0.15) is 0 Å². The zero-order valence-corrected chi connectivity index (χ0v) is 23.6. The summed E-state index contributed by atoms with van der Waals surface area (Å²) in [5.74, 6) is -1.60. The summed E-state index contributed by atoms with van der Waals surface area (Å²) < 4.78 is 52.9. The Hall–Kier alpha value is -4.14.